The number of aromatic amines is 1. The summed E-state index contributed by atoms with van der Waals surface area (Å²) in [6.45, 7) is 0.363. The number of carbonyl (C=O) groups excluding carboxylic acids is 1. The van der Waals surface area contributed by atoms with E-state index in [2.05, 4.69) is 21.3 Å². The molecule has 2 rings (SSSR count). The van der Waals surface area contributed by atoms with E-state index >= 15 is 0 Å². The van der Waals surface area contributed by atoms with Gasteiger partial charge in [-0.05, 0) is 19.3 Å². The number of hydrogen-bond acceptors (Lipinski definition) is 4. The van der Waals surface area contributed by atoms with Crippen LogP contribution in [0.3, 0.4) is 0 Å². The van der Waals surface area contributed by atoms with Crippen molar-refractivity contribution in [1.82, 2.24) is 20.1 Å². The number of rotatable bonds is 3. The maximum absolute atomic E-state index is 12.0. The molecular formula is C10H13N5O. The van der Waals surface area contributed by atoms with Crippen molar-refractivity contribution in [3.63, 3.8) is 0 Å². The van der Waals surface area contributed by atoms with E-state index in [4.69, 9.17) is 5.26 Å². The van der Waals surface area contributed by atoms with Crippen molar-refractivity contribution in [2.24, 2.45) is 5.41 Å². The molecule has 6 heteroatoms. The highest BCUT2D eigenvalue weighted by Crippen LogP contribution is 2.41. The van der Waals surface area contributed by atoms with E-state index in [0.717, 1.165) is 6.42 Å². The van der Waals surface area contributed by atoms with Crippen LogP contribution in [0, 0.1) is 16.7 Å². The first-order valence-corrected chi connectivity index (χ1v) is 5.19. The summed E-state index contributed by atoms with van der Waals surface area (Å²) in [5.41, 5.74) is -0.783. The Kier molecular flexibility index (Phi) is 2.60. The van der Waals surface area contributed by atoms with Crippen LogP contribution in [0.1, 0.15) is 25.1 Å². The molecule has 0 atom stereocenters. The van der Waals surface area contributed by atoms with Crippen LogP contribution >= 0.6 is 0 Å². The van der Waals surface area contributed by atoms with Crippen LogP contribution < -0.4 is 0 Å². The fraction of sp³-hybridized carbons (Fsp3) is 0.600. The summed E-state index contributed by atoms with van der Waals surface area (Å²) in [5, 5.41) is 15.5. The molecule has 0 radical (unpaired) electrons. The molecule has 1 heterocycles. The number of nitrogens with zero attached hydrogens (tertiary/aromatic N) is 4. The molecule has 1 aliphatic rings. The lowest BCUT2D eigenvalue weighted by molar-refractivity contribution is -0.142. The predicted octanol–water partition coefficient (Wildman–Crippen LogP) is 0.457. The smallest absolute Gasteiger partial charge is 0.243 e. The number of nitrogens with one attached hydrogen (secondary N) is 1. The zero-order valence-electron chi connectivity index (χ0n) is 9.10. The standard InChI is InChI=1S/C10H13N5O/c1-15(5-8-12-7-13-14-8)9(16)10(6-11)3-2-4-10/h7H,2-5H2,1H3,(H,12,13,14). The van der Waals surface area contributed by atoms with Crippen LogP contribution in [0.4, 0.5) is 0 Å². The summed E-state index contributed by atoms with van der Waals surface area (Å²) >= 11 is 0. The topological polar surface area (TPSA) is 85.7 Å². The van der Waals surface area contributed by atoms with Crippen molar-refractivity contribution in [2.75, 3.05) is 7.05 Å². The maximum atomic E-state index is 12.0. The molecule has 16 heavy (non-hydrogen) atoms. The molecule has 0 unspecified atom stereocenters. The van der Waals surface area contributed by atoms with Gasteiger partial charge in [-0.1, -0.05) is 0 Å². The minimum atomic E-state index is -0.783. The first-order valence-electron chi connectivity index (χ1n) is 5.19. The van der Waals surface area contributed by atoms with E-state index in [0.29, 0.717) is 25.2 Å². The molecular weight excluding hydrogens is 206 g/mol. The summed E-state index contributed by atoms with van der Waals surface area (Å²) in [6, 6.07) is 2.14. The first-order chi connectivity index (χ1) is 7.68. The second-order valence-electron chi connectivity index (χ2n) is 4.14. The van der Waals surface area contributed by atoms with Crippen molar-refractivity contribution in [1.29, 1.82) is 5.26 Å². The van der Waals surface area contributed by atoms with E-state index in [-0.39, 0.29) is 5.91 Å². The Morgan fingerprint density at radius 1 is 1.75 bits per heavy atom. The normalized spacial score (nSPS) is 17.2. The summed E-state index contributed by atoms with van der Waals surface area (Å²) in [5.74, 6) is 0.515. The monoisotopic (exact) mass is 219 g/mol. The van der Waals surface area contributed by atoms with Crippen LogP contribution in [0.5, 0.6) is 0 Å². The second kappa shape index (κ2) is 3.93. The van der Waals surface area contributed by atoms with E-state index in [1.165, 1.54) is 11.2 Å². The molecule has 1 aromatic heterocycles. The molecule has 0 aliphatic heterocycles. The summed E-state index contributed by atoms with van der Waals surface area (Å²) < 4.78 is 0. The van der Waals surface area contributed by atoms with Crippen molar-refractivity contribution >= 4 is 5.91 Å². The second-order valence-corrected chi connectivity index (χ2v) is 4.14. The van der Waals surface area contributed by atoms with Gasteiger partial charge in [-0.25, -0.2) is 4.98 Å². The quantitative estimate of drug-likeness (QED) is 0.800. The van der Waals surface area contributed by atoms with E-state index in [1.54, 1.807) is 7.05 Å². The van der Waals surface area contributed by atoms with Crippen LogP contribution in [-0.4, -0.2) is 33.0 Å². The Bertz CT molecular complexity index is 415. The maximum Gasteiger partial charge on any atom is 0.243 e. The van der Waals surface area contributed by atoms with Crippen LogP contribution in [-0.2, 0) is 11.3 Å². The van der Waals surface area contributed by atoms with Gasteiger partial charge in [0.15, 0.2) is 0 Å². The Morgan fingerprint density at radius 2 is 2.50 bits per heavy atom. The summed E-state index contributed by atoms with van der Waals surface area (Å²) in [4.78, 5) is 17.5. The van der Waals surface area contributed by atoms with Crippen LogP contribution in [0.15, 0.2) is 6.33 Å². The molecule has 1 aliphatic carbocycles. The minimum Gasteiger partial charge on any atom is -0.337 e. The van der Waals surface area contributed by atoms with Gasteiger partial charge in [0.05, 0.1) is 12.6 Å². The molecule has 1 amide bonds. The third-order valence-corrected chi connectivity index (χ3v) is 3.03. The number of aromatic nitrogens is 3. The van der Waals surface area contributed by atoms with Crippen molar-refractivity contribution in [2.45, 2.75) is 25.8 Å². The SMILES string of the molecule is CN(Cc1ncn[nH]1)C(=O)C1(C#N)CCC1. The molecule has 84 valence electrons. The van der Waals surface area contributed by atoms with Crippen molar-refractivity contribution < 1.29 is 4.79 Å². The van der Waals surface area contributed by atoms with Gasteiger partial charge in [-0.3, -0.25) is 9.89 Å². The third kappa shape index (κ3) is 1.65. The van der Waals surface area contributed by atoms with Gasteiger partial charge in [0.1, 0.15) is 17.6 Å². The summed E-state index contributed by atoms with van der Waals surface area (Å²) in [6.07, 6.45) is 3.69. The van der Waals surface area contributed by atoms with Crippen molar-refractivity contribution in [3.05, 3.63) is 12.2 Å². The lowest BCUT2D eigenvalue weighted by Crippen LogP contribution is -2.45. The highest BCUT2D eigenvalue weighted by molar-refractivity contribution is 5.86. The lowest BCUT2D eigenvalue weighted by atomic mass is 9.69. The molecule has 0 spiro atoms. The Hall–Kier alpha value is -1.90. The average Bonchev–Trinajstić information content (AvgIpc) is 2.69. The van der Waals surface area contributed by atoms with Crippen LogP contribution in [0.2, 0.25) is 0 Å². The highest BCUT2D eigenvalue weighted by Gasteiger charge is 2.46. The molecule has 1 N–H and O–H groups in total. The number of amides is 1. The van der Waals surface area contributed by atoms with E-state index < -0.39 is 5.41 Å². The summed E-state index contributed by atoms with van der Waals surface area (Å²) in [7, 11) is 1.68. The van der Waals surface area contributed by atoms with Crippen LogP contribution in [0.25, 0.3) is 0 Å². The van der Waals surface area contributed by atoms with Crippen molar-refractivity contribution in [3.8, 4) is 6.07 Å². The fourth-order valence-electron chi connectivity index (χ4n) is 1.87. The average molecular weight is 219 g/mol. The molecule has 6 nitrogen and oxygen atoms in total. The largest absolute Gasteiger partial charge is 0.337 e. The molecule has 0 aromatic carbocycles. The van der Waals surface area contributed by atoms with Gasteiger partial charge >= 0.3 is 0 Å². The molecule has 0 saturated heterocycles. The molecule has 1 aromatic rings. The number of H-pyrrole nitrogens is 1. The minimum absolute atomic E-state index is 0.113. The fourth-order valence-corrected chi connectivity index (χ4v) is 1.87. The molecule has 1 fully saturated rings. The van der Waals surface area contributed by atoms with Gasteiger partial charge in [-0.15, -0.1) is 0 Å². The highest BCUT2D eigenvalue weighted by atomic mass is 16.2. The van der Waals surface area contributed by atoms with Gasteiger partial charge in [-0.2, -0.15) is 10.4 Å². The van der Waals surface area contributed by atoms with Gasteiger partial charge in [0, 0.05) is 7.05 Å². The third-order valence-electron chi connectivity index (χ3n) is 3.03. The van der Waals surface area contributed by atoms with E-state index in [9.17, 15) is 4.79 Å². The zero-order chi connectivity index (χ0) is 11.6. The molecule has 0 bridgehead atoms. The Balaban J connectivity index is 2.02. The number of nitriles is 1. The number of hydrogen-bond donors (Lipinski definition) is 1. The predicted molar refractivity (Wildman–Crippen MR) is 54.8 cm³/mol. The first kappa shape index (κ1) is 10.6. The van der Waals surface area contributed by atoms with Gasteiger partial charge in [0.25, 0.3) is 0 Å². The van der Waals surface area contributed by atoms with Gasteiger partial charge < -0.3 is 4.90 Å². The Labute approximate surface area is 93.3 Å². The number of carbonyl (C=O) groups is 1. The van der Waals surface area contributed by atoms with Gasteiger partial charge in [0.2, 0.25) is 5.91 Å². The molecule has 1 saturated carbocycles. The van der Waals surface area contributed by atoms with E-state index in [1.807, 2.05) is 0 Å². The lowest BCUT2D eigenvalue weighted by Gasteiger charge is -2.36. The Morgan fingerprint density at radius 3 is 2.94 bits per heavy atom. The zero-order valence-corrected chi connectivity index (χ0v) is 9.10.